The molecule has 0 saturated carbocycles. The lowest BCUT2D eigenvalue weighted by molar-refractivity contribution is 0.600. The Kier molecular flexibility index (Phi) is 4.21. The summed E-state index contributed by atoms with van der Waals surface area (Å²) in [4.78, 5) is 10.9. The summed E-state index contributed by atoms with van der Waals surface area (Å²) in [7, 11) is -3.83. The van der Waals surface area contributed by atoms with Gasteiger partial charge in [0.1, 0.15) is 4.90 Å². The van der Waals surface area contributed by atoms with Crippen molar-refractivity contribution in [3.8, 4) is 0 Å². The van der Waals surface area contributed by atoms with E-state index in [1.54, 1.807) is 12.1 Å². The lowest BCUT2D eigenvalue weighted by Crippen LogP contribution is -2.17. The van der Waals surface area contributed by atoms with Crippen molar-refractivity contribution in [3.05, 3.63) is 50.7 Å². The number of nitrogens with one attached hydrogen (secondary N) is 2. The molecule has 4 N–H and O–H groups in total. The zero-order chi connectivity index (χ0) is 14.8. The van der Waals surface area contributed by atoms with Crippen molar-refractivity contribution in [1.82, 2.24) is 10.2 Å². The summed E-state index contributed by atoms with van der Waals surface area (Å²) in [5.41, 5.74) is 5.76. The van der Waals surface area contributed by atoms with Gasteiger partial charge in [0, 0.05) is 17.1 Å². The maximum Gasteiger partial charge on any atom is 0.264 e. The maximum absolute atomic E-state index is 12.3. The second kappa shape index (κ2) is 5.73. The maximum atomic E-state index is 12.3. The Bertz CT molecular complexity index is 768. The molecule has 0 fully saturated rings. The van der Waals surface area contributed by atoms with E-state index in [2.05, 4.69) is 30.8 Å². The molecule has 20 heavy (non-hydrogen) atoms. The van der Waals surface area contributed by atoms with Crippen molar-refractivity contribution >= 4 is 31.8 Å². The minimum Gasteiger partial charge on any atom is -0.326 e. The van der Waals surface area contributed by atoms with Gasteiger partial charge < -0.3 is 5.73 Å². The van der Waals surface area contributed by atoms with Gasteiger partial charge in [0.2, 0.25) is 0 Å². The average Bonchev–Trinajstić information content (AvgIpc) is 2.41. The smallest absolute Gasteiger partial charge is 0.264 e. The number of H-pyrrole nitrogens is 1. The molecule has 7 nitrogen and oxygen atoms in total. The monoisotopic (exact) mass is 358 g/mol. The third-order valence-corrected chi connectivity index (χ3v) is 4.79. The predicted octanol–water partition coefficient (Wildman–Crippen LogP) is 0.792. The Hall–Kier alpha value is -1.71. The second-order valence-corrected chi connectivity index (χ2v) is 6.39. The number of anilines is 1. The summed E-state index contributed by atoms with van der Waals surface area (Å²) in [6.45, 7) is 0.229. The molecule has 1 aromatic heterocycles. The van der Waals surface area contributed by atoms with Crippen LogP contribution in [0.5, 0.6) is 0 Å². The van der Waals surface area contributed by atoms with Crippen LogP contribution in [0.2, 0.25) is 0 Å². The number of nitrogens with two attached hydrogens (primary N) is 1. The van der Waals surface area contributed by atoms with Gasteiger partial charge in [-0.15, -0.1) is 0 Å². The van der Waals surface area contributed by atoms with E-state index in [1.807, 2.05) is 0 Å². The van der Waals surface area contributed by atoms with Crippen molar-refractivity contribution < 1.29 is 8.42 Å². The van der Waals surface area contributed by atoms with Gasteiger partial charge in [-0.05, 0) is 39.7 Å². The minimum absolute atomic E-state index is 0.0228. The predicted molar refractivity (Wildman–Crippen MR) is 77.7 cm³/mol. The first-order valence-corrected chi connectivity index (χ1v) is 7.77. The Balaban J connectivity index is 2.40. The third kappa shape index (κ3) is 3.24. The van der Waals surface area contributed by atoms with E-state index in [0.717, 1.165) is 0 Å². The number of benzene rings is 1. The normalized spacial score (nSPS) is 11.3. The highest BCUT2D eigenvalue weighted by molar-refractivity contribution is 9.10. The van der Waals surface area contributed by atoms with E-state index in [4.69, 9.17) is 5.73 Å². The third-order valence-electron chi connectivity index (χ3n) is 2.44. The quantitative estimate of drug-likeness (QED) is 0.746. The van der Waals surface area contributed by atoms with Crippen LogP contribution in [0.4, 0.5) is 5.82 Å². The number of hydrogen-bond acceptors (Lipinski definition) is 5. The molecule has 0 aliphatic rings. The Morgan fingerprint density at radius 2 is 2.05 bits per heavy atom. The molecule has 0 unspecified atom stereocenters. The summed E-state index contributed by atoms with van der Waals surface area (Å²) in [5.74, 6) is 0.0228. The van der Waals surface area contributed by atoms with E-state index in [0.29, 0.717) is 10.0 Å². The molecule has 0 aliphatic heterocycles. The molecule has 0 bridgehead atoms. The number of rotatable bonds is 4. The molecular weight excluding hydrogens is 348 g/mol. The van der Waals surface area contributed by atoms with Crippen LogP contribution < -0.4 is 16.0 Å². The van der Waals surface area contributed by atoms with Gasteiger partial charge in [-0.2, -0.15) is 5.10 Å². The van der Waals surface area contributed by atoms with Crippen LogP contribution in [0, 0.1) is 0 Å². The van der Waals surface area contributed by atoms with Crippen molar-refractivity contribution in [2.75, 3.05) is 4.72 Å². The second-order valence-electron chi connectivity index (χ2n) is 3.88. The molecule has 0 saturated heterocycles. The van der Waals surface area contributed by atoms with Crippen LogP contribution in [-0.4, -0.2) is 18.6 Å². The Morgan fingerprint density at radius 1 is 1.30 bits per heavy atom. The van der Waals surface area contributed by atoms with E-state index in [9.17, 15) is 13.2 Å². The van der Waals surface area contributed by atoms with E-state index in [1.165, 1.54) is 18.2 Å². The number of nitrogens with zero attached hydrogens (tertiary/aromatic N) is 1. The Labute approximate surface area is 123 Å². The highest BCUT2D eigenvalue weighted by atomic mass is 79.9. The number of aromatic nitrogens is 2. The van der Waals surface area contributed by atoms with Crippen molar-refractivity contribution in [2.45, 2.75) is 11.4 Å². The number of aromatic amines is 1. The molecule has 0 amide bonds. The first-order chi connectivity index (χ1) is 9.42. The molecule has 0 radical (unpaired) electrons. The van der Waals surface area contributed by atoms with Crippen LogP contribution in [0.1, 0.15) is 5.56 Å². The zero-order valence-electron chi connectivity index (χ0n) is 10.1. The van der Waals surface area contributed by atoms with Gasteiger partial charge in [-0.25, -0.2) is 13.5 Å². The fraction of sp³-hybridized carbons (Fsp3) is 0.0909. The van der Waals surface area contributed by atoms with Crippen LogP contribution in [0.25, 0.3) is 0 Å². The fourth-order valence-corrected chi connectivity index (χ4v) is 3.49. The van der Waals surface area contributed by atoms with Gasteiger partial charge in [-0.3, -0.25) is 9.52 Å². The largest absolute Gasteiger partial charge is 0.326 e. The highest BCUT2D eigenvalue weighted by Crippen LogP contribution is 2.24. The van der Waals surface area contributed by atoms with Gasteiger partial charge >= 0.3 is 0 Å². The van der Waals surface area contributed by atoms with E-state index >= 15 is 0 Å². The summed E-state index contributed by atoms with van der Waals surface area (Å²) in [6.07, 6.45) is 0. The van der Waals surface area contributed by atoms with Gasteiger partial charge in [-0.1, -0.05) is 6.07 Å². The van der Waals surface area contributed by atoms with Crippen molar-refractivity contribution in [2.24, 2.45) is 5.73 Å². The van der Waals surface area contributed by atoms with E-state index < -0.39 is 15.6 Å². The van der Waals surface area contributed by atoms with Crippen LogP contribution in [0.15, 0.2) is 44.5 Å². The SMILES string of the molecule is NCc1ccc(Br)c(S(=O)(=O)Nc2ccc(=O)[nH]n2)c1. The lowest BCUT2D eigenvalue weighted by Gasteiger charge is -2.09. The molecule has 2 aromatic rings. The van der Waals surface area contributed by atoms with Crippen molar-refractivity contribution in [1.29, 1.82) is 0 Å². The van der Waals surface area contributed by atoms with Crippen LogP contribution >= 0.6 is 15.9 Å². The highest BCUT2D eigenvalue weighted by Gasteiger charge is 2.18. The standard InChI is InChI=1S/C11H11BrN4O3S/c12-8-2-1-7(6-13)5-9(8)20(18,19)16-10-3-4-11(17)15-14-10/h1-5H,6,13H2,(H,14,16)(H,15,17). The summed E-state index contributed by atoms with van der Waals surface area (Å²) < 4.78 is 27.2. The molecule has 1 aromatic carbocycles. The number of halogens is 1. The van der Waals surface area contributed by atoms with Gasteiger partial charge in [0.25, 0.3) is 15.6 Å². The summed E-state index contributed by atoms with van der Waals surface area (Å²) in [6, 6.07) is 7.25. The first kappa shape index (κ1) is 14.7. The molecular formula is C11H11BrN4O3S. The number of sulfonamides is 1. The molecule has 106 valence electrons. The number of hydrogen-bond donors (Lipinski definition) is 3. The fourth-order valence-electron chi connectivity index (χ4n) is 1.47. The van der Waals surface area contributed by atoms with Gasteiger partial charge in [0.15, 0.2) is 5.82 Å². The van der Waals surface area contributed by atoms with E-state index in [-0.39, 0.29) is 17.3 Å². The molecule has 0 spiro atoms. The summed E-state index contributed by atoms with van der Waals surface area (Å²) >= 11 is 3.18. The van der Waals surface area contributed by atoms with Crippen LogP contribution in [0.3, 0.4) is 0 Å². The lowest BCUT2D eigenvalue weighted by atomic mass is 10.2. The molecule has 0 atom stereocenters. The molecule has 0 aliphatic carbocycles. The average molecular weight is 359 g/mol. The van der Waals surface area contributed by atoms with Crippen LogP contribution in [-0.2, 0) is 16.6 Å². The first-order valence-electron chi connectivity index (χ1n) is 5.49. The minimum atomic E-state index is -3.83. The zero-order valence-corrected chi connectivity index (χ0v) is 12.5. The summed E-state index contributed by atoms with van der Waals surface area (Å²) in [5, 5.41) is 5.74. The Morgan fingerprint density at radius 3 is 2.65 bits per heavy atom. The molecule has 2 rings (SSSR count). The topological polar surface area (TPSA) is 118 Å². The van der Waals surface area contributed by atoms with Crippen molar-refractivity contribution in [3.63, 3.8) is 0 Å². The van der Waals surface area contributed by atoms with Gasteiger partial charge in [0.05, 0.1) is 0 Å². The molecule has 9 heteroatoms. The molecule has 1 heterocycles.